The van der Waals surface area contributed by atoms with Crippen LogP contribution in [0.15, 0.2) is 48.5 Å². The van der Waals surface area contributed by atoms with Crippen molar-refractivity contribution in [3.8, 4) is 11.3 Å². The van der Waals surface area contributed by atoms with Gasteiger partial charge in [-0.2, -0.15) is 4.98 Å². The van der Waals surface area contributed by atoms with Crippen molar-refractivity contribution in [2.45, 2.75) is 32.2 Å². The third-order valence-corrected chi connectivity index (χ3v) is 7.26. The zero-order valence-corrected chi connectivity index (χ0v) is 21.2. The minimum absolute atomic E-state index is 0.114. The van der Waals surface area contributed by atoms with E-state index in [2.05, 4.69) is 45.2 Å². The zero-order chi connectivity index (χ0) is 25.4. The molecule has 37 heavy (non-hydrogen) atoms. The van der Waals surface area contributed by atoms with E-state index >= 15 is 0 Å². The summed E-state index contributed by atoms with van der Waals surface area (Å²) >= 11 is 0. The SMILES string of the molecule is CNC(=O)c1ccc(Nc2cc(-c3ccc4nc(C)n(C5CCC5)c4c3)nc(N3CCOCC3)n2)cc1. The number of ether oxygens (including phenoxy) is 1. The molecule has 3 heterocycles. The quantitative estimate of drug-likeness (QED) is 0.406. The summed E-state index contributed by atoms with van der Waals surface area (Å²) in [6.45, 7) is 4.90. The molecule has 1 saturated heterocycles. The molecule has 2 N–H and O–H groups in total. The van der Waals surface area contributed by atoms with Gasteiger partial charge in [0.25, 0.3) is 5.91 Å². The Kier molecular flexibility index (Phi) is 6.21. The molecule has 4 aromatic rings. The van der Waals surface area contributed by atoms with Crippen molar-refractivity contribution >= 4 is 34.4 Å². The molecule has 2 fully saturated rings. The average molecular weight is 498 g/mol. The van der Waals surface area contributed by atoms with Crippen LogP contribution in [0.3, 0.4) is 0 Å². The molecule has 1 amide bonds. The van der Waals surface area contributed by atoms with Crippen LogP contribution >= 0.6 is 0 Å². The number of nitrogens with zero attached hydrogens (tertiary/aromatic N) is 5. The lowest BCUT2D eigenvalue weighted by Crippen LogP contribution is -2.37. The lowest BCUT2D eigenvalue weighted by molar-refractivity contribution is 0.0963. The molecule has 1 saturated carbocycles. The lowest BCUT2D eigenvalue weighted by atomic mass is 9.92. The minimum Gasteiger partial charge on any atom is -0.378 e. The number of benzene rings is 2. The Morgan fingerprint density at radius 1 is 1.00 bits per heavy atom. The topological polar surface area (TPSA) is 97.2 Å². The first kappa shape index (κ1) is 23.4. The average Bonchev–Trinajstić information content (AvgIpc) is 3.22. The summed E-state index contributed by atoms with van der Waals surface area (Å²) in [5, 5.41) is 6.06. The predicted octanol–water partition coefficient (Wildman–Crippen LogP) is 4.47. The van der Waals surface area contributed by atoms with Crippen LogP contribution in [0.2, 0.25) is 0 Å². The molecule has 0 spiro atoms. The van der Waals surface area contributed by atoms with Gasteiger partial charge in [-0.05, 0) is 62.6 Å². The van der Waals surface area contributed by atoms with Gasteiger partial charge in [0.05, 0.1) is 29.9 Å². The first-order valence-corrected chi connectivity index (χ1v) is 12.9. The second kappa shape index (κ2) is 9.82. The zero-order valence-electron chi connectivity index (χ0n) is 21.2. The maximum atomic E-state index is 11.9. The fourth-order valence-corrected chi connectivity index (χ4v) is 5.03. The molecule has 0 radical (unpaired) electrons. The number of hydrogen-bond donors (Lipinski definition) is 2. The predicted molar refractivity (Wildman–Crippen MR) is 145 cm³/mol. The van der Waals surface area contributed by atoms with Crippen molar-refractivity contribution in [2.75, 3.05) is 43.6 Å². The van der Waals surface area contributed by atoms with E-state index in [1.165, 1.54) is 19.3 Å². The molecule has 190 valence electrons. The van der Waals surface area contributed by atoms with Crippen molar-refractivity contribution < 1.29 is 9.53 Å². The Balaban J connectivity index is 1.38. The summed E-state index contributed by atoms with van der Waals surface area (Å²) in [7, 11) is 1.63. The summed E-state index contributed by atoms with van der Waals surface area (Å²) < 4.78 is 7.94. The number of aromatic nitrogens is 4. The van der Waals surface area contributed by atoms with Gasteiger partial charge in [0.1, 0.15) is 11.6 Å². The number of hydrogen-bond acceptors (Lipinski definition) is 7. The first-order valence-electron chi connectivity index (χ1n) is 12.9. The van der Waals surface area contributed by atoms with Crippen molar-refractivity contribution in [1.29, 1.82) is 0 Å². The molecule has 2 aromatic heterocycles. The van der Waals surface area contributed by atoms with E-state index < -0.39 is 0 Å². The maximum absolute atomic E-state index is 11.9. The monoisotopic (exact) mass is 497 g/mol. The van der Waals surface area contributed by atoms with Gasteiger partial charge in [-0.3, -0.25) is 4.79 Å². The maximum Gasteiger partial charge on any atom is 0.251 e. The smallest absolute Gasteiger partial charge is 0.251 e. The van der Waals surface area contributed by atoms with Gasteiger partial charge in [0, 0.05) is 49.1 Å². The molecular formula is C28H31N7O2. The molecule has 9 heteroatoms. The minimum atomic E-state index is -0.114. The Hall–Kier alpha value is -3.98. The van der Waals surface area contributed by atoms with Crippen LogP contribution < -0.4 is 15.5 Å². The van der Waals surface area contributed by atoms with E-state index in [0.29, 0.717) is 36.6 Å². The Morgan fingerprint density at radius 3 is 2.49 bits per heavy atom. The van der Waals surface area contributed by atoms with E-state index in [-0.39, 0.29) is 5.91 Å². The first-order chi connectivity index (χ1) is 18.1. The number of morpholine rings is 1. The van der Waals surface area contributed by atoms with Gasteiger partial charge in [-0.1, -0.05) is 6.07 Å². The van der Waals surface area contributed by atoms with Crippen LogP contribution in [0.4, 0.5) is 17.5 Å². The highest BCUT2D eigenvalue weighted by atomic mass is 16.5. The van der Waals surface area contributed by atoms with Gasteiger partial charge in [0.15, 0.2) is 0 Å². The van der Waals surface area contributed by atoms with Crippen LogP contribution in [0.25, 0.3) is 22.3 Å². The van der Waals surface area contributed by atoms with Crippen LogP contribution in [0.5, 0.6) is 0 Å². The van der Waals surface area contributed by atoms with Crippen LogP contribution in [0.1, 0.15) is 41.5 Å². The van der Waals surface area contributed by atoms with E-state index in [4.69, 9.17) is 19.7 Å². The van der Waals surface area contributed by atoms with Crippen molar-refractivity contribution in [3.05, 3.63) is 59.9 Å². The third-order valence-electron chi connectivity index (χ3n) is 7.26. The number of aryl methyl sites for hydroxylation is 1. The number of fused-ring (bicyclic) bond motifs is 1. The van der Waals surface area contributed by atoms with E-state index in [1.54, 1.807) is 19.2 Å². The fourth-order valence-electron chi connectivity index (χ4n) is 5.03. The second-order valence-corrected chi connectivity index (χ2v) is 9.64. The Bertz CT molecular complexity index is 1440. The van der Waals surface area contributed by atoms with Crippen LogP contribution in [0, 0.1) is 6.92 Å². The van der Waals surface area contributed by atoms with Crippen molar-refractivity contribution in [3.63, 3.8) is 0 Å². The fraction of sp³-hybridized carbons (Fsp3) is 0.357. The van der Waals surface area contributed by atoms with Crippen molar-refractivity contribution in [2.24, 2.45) is 0 Å². The van der Waals surface area contributed by atoms with E-state index in [9.17, 15) is 4.79 Å². The Labute approximate surface area is 215 Å². The highest BCUT2D eigenvalue weighted by Gasteiger charge is 2.24. The van der Waals surface area contributed by atoms with Gasteiger partial charge in [-0.15, -0.1) is 0 Å². The highest BCUT2D eigenvalue weighted by Crippen LogP contribution is 2.36. The molecule has 1 aliphatic carbocycles. The standard InChI is InChI=1S/C28H31N7O2/c1-18-30-23-11-8-20(16-25(23)35(18)22-4-3-5-22)24-17-26(33-28(32-24)34-12-14-37-15-13-34)31-21-9-6-19(7-10-21)27(36)29-2/h6-11,16-17,22H,3-5,12-15H2,1-2H3,(H,29,36)(H,31,32,33). The van der Waals surface area contributed by atoms with Gasteiger partial charge < -0.3 is 24.8 Å². The number of carbonyl (C=O) groups excluding carboxylic acids is 1. The molecule has 0 unspecified atom stereocenters. The van der Waals surface area contributed by atoms with Gasteiger partial charge >= 0.3 is 0 Å². The van der Waals surface area contributed by atoms with Crippen LogP contribution in [-0.2, 0) is 4.74 Å². The molecule has 6 rings (SSSR count). The third kappa shape index (κ3) is 4.62. The second-order valence-electron chi connectivity index (χ2n) is 9.64. The molecular weight excluding hydrogens is 466 g/mol. The summed E-state index contributed by atoms with van der Waals surface area (Å²) in [4.78, 5) is 28.7. The van der Waals surface area contributed by atoms with Gasteiger partial charge in [-0.25, -0.2) is 9.97 Å². The summed E-state index contributed by atoms with van der Waals surface area (Å²) in [5.41, 5.74) is 5.51. The number of anilines is 3. The van der Waals surface area contributed by atoms with E-state index in [0.717, 1.165) is 46.9 Å². The number of carbonyl (C=O) groups is 1. The molecule has 1 aliphatic heterocycles. The molecule has 0 bridgehead atoms. The molecule has 0 atom stereocenters. The van der Waals surface area contributed by atoms with Crippen molar-refractivity contribution in [1.82, 2.24) is 24.8 Å². The van der Waals surface area contributed by atoms with Crippen LogP contribution in [-0.4, -0.2) is 58.8 Å². The lowest BCUT2D eigenvalue weighted by Gasteiger charge is -2.28. The normalized spacial score (nSPS) is 16.0. The molecule has 2 aliphatic rings. The molecule has 2 aromatic carbocycles. The largest absolute Gasteiger partial charge is 0.378 e. The highest BCUT2D eigenvalue weighted by molar-refractivity contribution is 5.94. The number of nitrogens with one attached hydrogen (secondary N) is 2. The summed E-state index contributed by atoms with van der Waals surface area (Å²) in [5.74, 6) is 2.32. The summed E-state index contributed by atoms with van der Waals surface area (Å²) in [6, 6.07) is 16.3. The number of rotatable bonds is 6. The van der Waals surface area contributed by atoms with Gasteiger partial charge in [0.2, 0.25) is 5.95 Å². The summed E-state index contributed by atoms with van der Waals surface area (Å²) in [6.07, 6.45) is 3.69. The van der Waals surface area contributed by atoms with E-state index in [1.807, 2.05) is 18.2 Å². The number of imidazole rings is 1. The number of amides is 1. The molecule has 9 nitrogen and oxygen atoms in total. The Morgan fingerprint density at radius 2 is 1.78 bits per heavy atom.